The van der Waals surface area contributed by atoms with E-state index in [1.807, 2.05) is 77.8 Å². The zero-order valence-electron chi connectivity index (χ0n) is 77.1. The summed E-state index contributed by atoms with van der Waals surface area (Å²) >= 11 is 0. The molecular formula is C97H122N12O20S3. The van der Waals surface area contributed by atoms with E-state index in [1.165, 1.54) is 122 Å². The summed E-state index contributed by atoms with van der Waals surface area (Å²) in [6.07, 6.45) is 12.3. The maximum absolute atomic E-state index is 14.3. The first-order chi connectivity index (χ1) is 63.0. The molecule has 708 valence electrons. The van der Waals surface area contributed by atoms with Gasteiger partial charge in [0.25, 0.3) is 52.8 Å². The number of para-hydroxylation sites is 3. The molecule has 0 aliphatic carbocycles. The second-order valence-corrected chi connectivity index (χ2v) is 40.6. The molecule has 6 aromatic carbocycles. The monoisotopic (exact) mass is 1870 g/mol. The minimum Gasteiger partial charge on any atom is -0.507 e. The van der Waals surface area contributed by atoms with Crippen molar-refractivity contribution in [2.75, 3.05) is 162 Å². The van der Waals surface area contributed by atoms with Crippen molar-refractivity contribution in [3.05, 3.63) is 196 Å². The van der Waals surface area contributed by atoms with Gasteiger partial charge >= 0.3 is 5.97 Å². The van der Waals surface area contributed by atoms with Gasteiger partial charge in [0.15, 0.2) is 16.6 Å². The number of hydrogen-bond acceptors (Lipinski definition) is 23. The second-order valence-electron chi connectivity index (χ2n) is 34.8. The number of benzene rings is 6. The van der Waals surface area contributed by atoms with Gasteiger partial charge in [-0.3, -0.25) is 47.9 Å². The van der Waals surface area contributed by atoms with E-state index in [4.69, 9.17) is 0 Å². The minimum atomic E-state index is -3.73. The van der Waals surface area contributed by atoms with Crippen LogP contribution < -0.4 is 14.7 Å². The standard InChI is InChI=1S/3C31H38N4O6S.C4H8O2/c3*1-4-34-25-13-8-7-12-24(25)31(30(34)39)26(28(37)29(38)35(31)21-11-18-32(2)3)27(36)22-14-16-23(17-15-22)42(40,41)33-19-9-5-6-10-20-33;1-3-6-4(2)5/h3*7-8,12-17,36H,4-6,9-11,18-21H2,1-3H3;3H2,1-2H3/b3*27-26-;. The molecule has 3 spiro atoms. The summed E-state index contributed by atoms with van der Waals surface area (Å²) in [5.74, 6) is -8.55. The fraction of sp³-hybridized carbons (Fsp3) is 0.464. The van der Waals surface area contributed by atoms with E-state index in [0.29, 0.717) is 138 Å². The molecule has 32 nitrogen and oxygen atoms in total. The molecule has 9 aliphatic rings. The number of hydrogen-bond donors (Lipinski definition) is 3. The Balaban J connectivity index is 0.000000173. The van der Waals surface area contributed by atoms with Gasteiger partial charge in [0, 0.05) is 119 Å². The normalized spacial score (nSPS) is 22.1. The van der Waals surface area contributed by atoms with Crippen LogP contribution in [0.15, 0.2) is 177 Å². The summed E-state index contributed by atoms with van der Waals surface area (Å²) in [4.78, 5) is 149. The number of aliphatic hydroxyl groups excluding tert-OH is 3. The highest BCUT2D eigenvalue weighted by Gasteiger charge is 2.70. The van der Waals surface area contributed by atoms with Crippen molar-refractivity contribution in [2.45, 2.75) is 162 Å². The number of carbonyl (C=O) groups is 10. The van der Waals surface area contributed by atoms with Gasteiger partial charge < -0.3 is 64.2 Å². The molecule has 0 radical (unpaired) electrons. The van der Waals surface area contributed by atoms with Gasteiger partial charge in [-0.1, -0.05) is 93.1 Å². The smallest absolute Gasteiger partial charge is 0.302 e. The Hall–Kier alpha value is -11.2. The van der Waals surface area contributed by atoms with E-state index in [-0.39, 0.29) is 73.7 Å². The van der Waals surface area contributed by atoms with Crippen LogP contribution in [0.4, 0.5) is 17.1 Å². The number of ether oxygens (including phenoxy) is 1. The number of likely N-dealkylation sites (tertiary alicyclic amines) is 3. The Bertz CT molecular complexity index is 5290. The van der Waals surface area contributed by atoms with Crippen molar-refractivity contribution >= 4 is 123 Å². The maximum atomic E-state index is 14.3. The number of ketones is 3. The molecule has 6 amide bonds. The Kier molecular flexibility index (Phi) is 31.7. The lowest BCUT2D eigenvalue weighted by atomic mass is 9.82. The molecule has 15 rings (SSSR count). The Morgan fingerprint density at radius 1 is 0.348 bits per heavy atom. The highest BCUT2D eigenvalue weighted by Crippen LogP contribution is 2.57. The van der Waals surface area contributed by atoms with E-state index in [9.17, 15) is 88.5 Å². The lowest BCUT2D eigenvalue weighted by molar-refractivity contribution is -0.143. The fourth-order valence-electron chi connectivity index (χ4n) is 19.4. The minimum absolute atomic E-state index is 0.0826. The molecule has 0 aromatic heterocycles. The third kappa shape index (κ3) is 18.6. The molecule has 6 fully saturated rings. The van der Waals surface area contributed by atoms with Gasteiger partial charge in [-0.25, -0.2) is 25.3 Å². The molecular weight excluding hydrogens is 1750 g/mol. The molecule has 3 N–H and O–H groups in total. The third-order valence-corrected chi connectivity index (χ3v) is 31.4. The average molecular weight is 1870 g/mol. The number of carbonyl (C=O) groups excluding carboxylic acids is 10. The van der Waals surface area contributed by atoms with Crippen LogP contribution in [0.3, 0.4) is 0 Å². The molecule has 9 heterocycles. The van der Waals surface area contributed by atoms with Crippen molar-refractivity contribution in [3.63, 3.8) is 0 Å². The van der Waals surface area contributed by atoms with E-state index >= 15 is 0 Å². The zero-order chi connectivity index (χ0) is 95.7. The molecule has 132 heavy (non-hydrogen) atoms. The first-order valence-electron chi connectivity index (χ1n) is 45.5. The number of rotatable bonds is 25. The average Bonchev–Trinajstić information content (AvgIpc) is 1.53. The number of anilines is 3. The number of aliphatic hydroxyl groups is 3. The third-order valence-electron chi connectivity index (χ3n) is 25.7. The highest BCUT2D eigenvalue weighted by molar-refractivity contribution is 7.89. The van der Waals surface area contributed by atoms with Crippen molar-refractivity contribution in [3.8, 4) is 0 Å². The highest BCUT2D eigenvalue weighted by atomic mass is 32.2. The van der Waals surface area contributed by atoms with Crippen LogP contribution >= 0.6 is 0 Å². The molecule has 35 heteroatoms. The SMILES string of the molecule is CCN1C(=O)C2(/C(=C(\O)c3ccc(S(=O)(=O)N4CCCCCC4)cc3)C(=O)C(=O)N2CCCN(C)C)c2ccccc21.CCN1C(=O)C2(/C(=C(\O)c3ccc(S(=O)(=O)N4CCCCCC4)cc3)C(=O)C(=O)N2CCCN(C)C)c2ccccc21.CCN1C(=O)C2(/C(=C(\O)c3ccc(S(=O)(=O)N4CCCCCC4)cc3)C(=O)C(=O)N2CCCN(C)C)c2ccccc21.CCOC(C)=O. The van der Waals surface area contributed by atoms with Gasteiger partial charge in [-0.2, -0.15) is 12.9 Å². The van der Waals surface area contributed by atoms with Crippen molar-refractivity contribution < 1.29 is 93.3 Å². The van der Waals surface area contributed by atoms with Crippen LogP contribution in [-0.2, 0) is 99.4 Å². The van der Waals surface area contributed by atoms with E-state index in [0.717, 1.165) is 77.0 Å². The summed E-state index contributed by atoms with van der Waals surface area (Å²) in [7, 11) is 0.192. The summed E-state index contributed by atoms with van der Waals surface area (Å²) in [6.45, 7) is 15.0. The number of fused-ring (bicyclic) bond motifs is 6. The van der Waals surface area contributed by atoms with Crippen LogP contribution in [0.25, 0.3) is 17.3 Å². The second kappa shape index (κ2) is 42.0. The van der Waals surface area contributed by atoms with Crippen LogP contribution in [0.1, 0.15) is 164 Å². The topological polar surface area (TPSA) is 382 Å². The van der Waals surface area contributed by atoms with Gasteiger partial charge in [0.2, 0.25) is 30.1 Å². The number of amides is 6. The molecule has 0 saturated carbocycles. The Morgan fingerprint density at radius 2 is 0.576 bits per heavy atom. The van der Waals surface area contributed by atoms with Gasteiger partial charge in [0.05, 0.1) is 55.1 Å². The molecule has 6 aromatic rings. The quantitative estimate of drug-likeness (QED) is 0.0207. The Morgan fingerprint density at radius 3 is 0.773 bits per heavy atom. The van der Waals surface area contributed by atoms with Crippen LogP contribution in [0.2, 0.25) is 0 Å². The van der Waals surface area contributed by atoms with Gasteiger partial charge in [0.1, 0.15) is 17.3 Å². The van der Waals surface area contributed by atoms with E-state index in [2.05, 4.69) is 4.74 Å². The predicted molar refractivity (Wildman–Crippen MR) is 500 cm³/mol. The van der Waals surface area contributed by atoms with E-state index in [1.54, 1.807) is 79.7 Å². The summed E-state index contributed by atoms with van der Waals surface area (Å²) in [6, 6.07) is 38.0. The molecule has 3 unspecified atom stereocenters. The van der Waals surface area contributed by atoms with Crippen molar-refractivity contribution in [1.82, 2.24) is 42.3 Å². The molecule has 9 aliphatic heterocycles. The number of nitrogens with zero attached hydrogens (tertiary/aromatic N) is 12. The van der Waals surface area contributed by atoms with Crippen LogP contribution in [-0.4, -0.2) is 289 Å². The predicted octanol–water partition coefficient (Wildman–Crippen LogP) is 10.0. The van der Waals surface area contributed by atoms with Crippen LogP contribution in [0.5, 0.6) is 0 Å². The summed E-state index contributed by atoms with van der Waals surface area (Å²) in [5, 5.41) is 35.1. The summed E-state index contributed by atoms with van der Waals surface area (Å²) < 4.78 is 88.7. The first-order valence-corrected chi connectivity index (χ1v) is 49.8. The number of likely N-dealkylation sites (N-methyl/N-ethyl adjacent to an activating group) is 3. The molecule has 6 saturated heterocycles. The molecule has 0 bridgehead atoms. The maximum Gasteiger partial charge on any atom is 0.302 e. The first kappa shape index (κ1) is 99.9. The lowest BCUT2D eigenvalue weighted by Crippen LogP contribution is -2.52. The number of esters is 1. The number of Topliss-reactive ketones (excluding diaryl/α,β-unsaturated/α-hetero) is 3. The zero-order valence-corrected chi connectivity index (χ0v) is 79.6. The fourth-order valence-corrected chi connectivity index (χ4v) is 23.9. The number of sulfonamides is 3. The largest absolute Gasteiger partial charge is 0.507 e. The lowest BCUT2D eigenvalue weighted by Gasteiger charge is -2.34. The van der Waals surface area contributed by atoms with Gasteiger partial charge in [-0.15, -0.1) is 0 Å². The van der Waals surface area contributed by atoms with E-state index < -0.39 is 117 Å². The summed E-state index contributed by atoms with van der Waals surface area (Å²) in [5.41, 5.74) is -2.80. The Labute approximate surface area is 773 Å². The van der Waals surface area contributed by atoms with Crippen molar-refractivity contribution in [1.29, 1.82) is 0 Å². The van der Waals surface area contributed by atoms with Crippen LogP contribution in [0, 0.1) is 0 Å². The van der Waals surface area contributed by atoms with Gasteiger partial charge in [-0.05, 0) is 238 Å². The molecule has 3 atom stereocenters. The van der Waals surface area contributed by atoms with Crippen molar-refractivity contribution in [2.24, 2.45) is 0 Å².